The summed E-state index contributed by atoms with van der Waals surface area (Å²) < 4.78 is 49.2. The second-order valence-electron chi connectivity index (χ2n) is 7.43. The number of carbonyl (C=O) groups excluding carboxylic acids is 1. The highest BCUT2D eigenvalue weighted by Crippen LogP contribution is 2.34. The highest BCUT2D eigenvalue weighted by atomic mass is 35.5. The van der Waals surface area contributed by atoms with Crippen molar-refractivity contribution in [2.24, 2.45) is 5.92 Å². The van der Waals surface area contributed by atoms with E-state index in [-0.39, 0.29) is 43.1 Å². The Morgan fingerprint density at radius 3 is 2.50 bits per heavy atom. The monoisotopic (exact) mass is 481 g/mol. The molecule has 0 amide bonds. The molecule has 2 aromatic carbocycles. The van der Waals surface area contributed by atoms with Gasteiger partial charge in [-0.3, -0.25) is 4.79 Å². The Morgan fingerprint density at radius 1 is 1.03 bits per heavy atom. The number of benzene rings is 2. The van der Waals surface area contributed by atoms with E-state index in [1.54, 1.807) is 30.3 Å². The molecule has 0 atom stereocenters. The van der Waals surface area contributed by atoms with Gasteiger partial charge in [0.15, 0.2) is 11.5 Å². The fraction of sp³-hybridized carbons (Fsp3) is 0.409. The zero-order valence-electron chi connectivity index (χ0n) is 17.4. The van der Waals surface area contributed by atoms with Gasteiger partial charge in [0.25, 0.3) is 0 Å². The number of halogens is 1. The summed E-state index contributed by atoms with van der Waals surface area (Å²) in [5.41, 5.74) is 0. The van der Waals surface area contributed by atoms with Gasteiger partial charge in [0.2, 0.25) is 10.0 Å². The molecule has 2 aliphatic rings. The predicted octanol–water partition coefficient (Wildman–Crippen LogP) is 3.13. The molecule has 2 aliphatic heterocycles. The molecule has 0 spiro atoms. The van der Waals surface area contributed by atoms with E-state index < -0.39 is 10.0 Å². The molecule has 0 saturated carbocycles. The van der Waals surface area contributed by atoms with E-state index in [0.717, 1.165) is 0 Å². The first-order valence-corrected chi connectivity index (χ1v) is 12.2. The zero-order valence-corrected chi connectivity index (χ0v) is 18.9. The molecule has 0 aromatic heterocycles. The topological polar surface area (TPSA) is 91.4 Å². The Kier molecular flexibility index (Phi) is 7.07. The van der Waals surface area contributed by atoms with Gasteiger partial charge in [-0.1, -0.05) is 23.7 Å². The summed E-state index contributed by atoms with van der Waals surface area (Å²) in [6.07, 6.45) is 0.794. The van der Waals surface area contributed by atoms with Crippen LogP contribution in [0.3, 0.4) is 0 Å². The summed E-state index contributed by atoms with van der Waals surface area (Å²) >= 11 is 6.02. The molecule has 2 heterocycles. The first kappa shape index (κ1) is 22.7. The van der Waals surface area contributed by atoms with Crippen molar-refractivity contribution in [3.8, 4) is 17.2 Å². The number of hydrogen-bond donors (Lipinski definition) is 0. The molecular formula is C22H24ClNO7S. The van der Waals surface area contributed by atoms with Crippen LogP contribution in [0, 0.1) is 5.92 Å². The lowest BCUT2D eigenvalue weighted by Crippen LogP contribution is -2.40. The van der Waals surface area contributed by atoms with Gasteiger partial charge in [-0.25, -0.2) is 8.42 Å². The first-order chi connectivity index (χ1) is 15.4. The maximum atomic E-state index is 13.0. The summed E-state index contributed by atoms with van der Waals surface area (Å²) in [6, 6.07) is 11.7. The third-order valence-electron chi connectivity index (χ3n) is 5.36. The van der Waals surface area contributed by atoms with Crippen LogP contribution in [-0.4, -0.2) is 58.2 Å². The molecule has 2 aromatic rings. The molecule has 8 nitrogen and oxygen atoms in total. The molecule has 4 rings (SSSR count). The van der Waals surface area contributed by atoms with Crippen LogP contribution >= 0.6 is 11.6 Å². The van der Waals surface area contributed by atoms with Gasteiger partial charge in [-0.15, -0.1) is 0 Å². The van der Waals surface area contributed by atoms with E-state index >= 15 is 0 Å². The fourth-order valence-corrected chi connectivity index (χ4v) is 5.31. The van der Waals surface area contributed by atoms with Crippen molar-refractivity contribution in [1.29, 1.82) is 0 Å². The van der Waals surface area contributed by atoms with Crippen LogP contribution in [0.4, 0.5) is 0 Å². The van der Waals surface area contributed by atoms with Gasteiger partial charge in [-0.2, -0.15) is 4.31 Å². The van der Waals surface area contributed by atoms with Gasteiger partial charge < -0.3 is 18.9 Å². The highest BCUT2D eigenvalue weighted by molar-refractivity contribution is 7.89. The van der Waals surface area contributed by atoms with Crippen LogP contribution < -0.4 is 14.2 Å². The van der Waals surface area contributed by atoms with Crippen LogP contribution in [0.15, 0.2) is 47.4 Å². The lowest BCUT2D eigenvalue weighted by atomic mass is 9.98. The van der Waals surface area contributed by atoms with E-state index in [2.05, 4.69) is 0 Å². The molecule has 10 heteroatoms. The Hall–Kier alpha value is -2.49. The van der Waals surface area contributed by atoms with E-state index in [1.807, 2.05) is 0 Å². The van der Waals surface area contributed by atoms with E-state index in [0.29, 0.717) is 48.3 Å². The van der Waals surface area contributed by atoms with Crippen molar-refractivity contribution < 1.29 is 32.2 Å². The summed E-state index contributed by atoms with van der Waals surface area (Å²) in [7, 11) is -3.69. The fourth-order valence-electron chi connectivity index (χ4n) is 3.64. The lowest BCUT2D eigenvalue weighted by Gasteiger charge is -2.30. The standard InChI is InChI=1S/C22H24ClNO7S/c23-18-3-1-2-4-19(18)28-13-14-31-22(25)16-7-9-24(10-8-16)32(26,27)17-5-6-20-21(15-17)30-12-11-29-20/h1-6,15-16H,7-14H2. The molecule has 1 fully saturated rings. The first-order valence-electron chi connectivity index (χ1n) is 10.4. The predicted molar refractivity (Wildman–Crippen MR) is 117 cm³/mol. The number of carbonyl (C=O) groups is 1. The smallest absolute Gasteiger partial charge is 0.309 e. The summed E-state index contributed by atoms with van der Waals surface area (Å²) in [5, 5.41) is 0.491. The maximum absolute atomic E-state index is 13.0. The largest absolute Gasteiger partial charge is 0.488 e. The van der Waals surface area contributed by atoms with Crippen LogP contribution in [-0.2, 0) is 19.6 Å². The number of piperidine rings is 1. The average molecular weight is 482 g/mol. The van der Waals surface area contributed by atoms with E-state index in [9.17, 15) is 13.2 Å². The Labute approximate surface area is 192 Å². The minimum Gasteiger partial charge on any atom is -0.488 e. The zero-order chi connectivity index (χ0) is 22.6. The quantitative estimate of drug-likeness (QED) is 0.443. The van der Waals surface area contributed by atoms with Gasteiger partial charge >= 0.3 is 5.97 Å². The van der Waals surface area contributed by atoms with Crippen molar-refractivity contribution in [2.45, 2.75) is 17.7 Å². The highest BCUT2D eigenvalue weighted by Gasteiger charge is 2.33. The van der Waals surface area contributed by atoms with Gasteiger partial charge in [0.05, 0.1) is 15.8 Å². The summed E-state index contributed by atoms with van der Waals surface area (Å²) in [5.74, 6) is 0.805. The Bertz CT molecular complexity index is 1070. The molecule has 0 N–H and O–H groups in total. The van der Waals surface area contributed by atoms with Crippen LogP contribution in [0.2, 0.25) is 5.02 Å². The number of rotatable bonds is 7. The number of fused-ring (bicyclic) bond motifs is 1. The summed E-state index contributed by atoms with van der Waals surface area (Å²) in [6.45, 7) is 1.59. The molecule has 32 heavy (non-hydrogen) atoms. The minimum absolute atomic E-state index is 0.0970. The van der Waals surface area contributed by atoms with Crippen molar-refractivity contribution >= 4 is 27.6 Å². The third kappa shape index (κ3) is 5.11. The van der Waals surface area contributed by atoms with Gasteiger partial charge in [0.1, 0.15) is 32.2 Å². The Balaban J connectivity index is 1.26. The second-order valence-corrected chi connectivity index (χ2v) is 9.78. The molecule has 0 radical (unpaired) electrons. The maximum Gasteiger partial charge on any atom is 0.309 e. The van der Waals surface area contributed by atoms with Gasteiger partial charge in [0, 0.05) is 19.2 Å². The van der Waals surface area contributed by atoms with Gasteiger partial charge in [-0.05, 0) is 37.1 Å². The third-order valence-corrected chi connectivity index (χ3v) is 7.57. The minimum atomic E-state index is -3.69. The van der Waals surface area contributed by atoms with Crippen LogP contribution in [0.5, 0.6) is 17.2 Å². The number of para-hydroxylation sites is 1. The van der Waals surface area contributed by atoms with Crippen molar-refractivity contribution in [1.82, 2.24) is 4.31 Å². The van der Waals surface area contributed by atoms with Crippen molar-refractivity contribution in [3.63, 3.8) is 0 Å². The van der Waals surface area contributed by atoms with Crippen LogP contribution in [0.25, 0.3) is 0 Å². The molecule has 0 bridgehead atoms. The second kappa shape index (κ2) is 9.97. The average Bonchev–Trinajstić information content (AvgIpc) is 2.82. The Morgan fingerprint density at radius 2 is 1.75 bits per heavy atom. The lowest BCUT2D eigenvalue weighted by molar-refractivity contribution is -0.150. The molecule has 1 saturated heterocycles. The number of esters is 1. The SMILES string of the molecule is O=C(OCCOc1ccccc1Cl)C1CCN(S(=O)(=O)c2ccc3c(c2)OCCO3)CC1. The summed E-state index contributed by atoms with van der Waals surface area (Å²) in [4.78, 5) is 12.5. The van der Waals surface area contributed by atoms with E-state index in [4.69, 9.17) is 30.5 Å². The van der Waals surface area contributed by atoms with Crippen molar-refractivity contribution in [2.75, 3.05) is 39.5 Å². The molecular weight excluding hydrogens is 458 g/mol. The number of ether oxygens (including phenoxy) is 4. The van der Waals surface area contributed by atoms with Crippen molar-refractivity contribution in [3.05, 3.63) is 47.5 Å². The molecule has 0 unspecified atom stereocenters. The van der Waals surface area contributed by atoms with E-state index in [1.165, 1.54) is 16.4 Å². The number of sulfonamides is 1. The normalized spacial score (nSPS) is 17.0. The number of nitrogens with zero attached hydrogens (tertiary/aromatic N) is 1. The van der Waals surface area contributed by atoms with Crippen LogP contribution in [0.1, 0.15) is 12.8 Å². The number of hydrogen-bond acceptors (Lipinski definition) is 7. The molecule has 172 valence electrons. The molecule has 0 aliphatic carbocycles.